The predicted octanol–water partition coefficient (Wildman–Crippen LogP) is 3.08. The van der Waals surface area contributed by atoms with Crippen molar-refractivity contribution >= 4 is 23.1 Å². The molecule has 1 atom stereocenters. The average molecular weight is 338 g/mol. The van der Waals surface area contributed by atoms with Crippen LogP contribution in [0.5, 0.6) is 0 Å². The Hall–Kier alpha value is -3.48. The molecular formula is C18H14N2O5. The van der Waals surface area contributed by atoms with E-state index in [1.807, 2.05) is 0 Å². The Labute approximate surface area is 143 Å². The van der Waals surface area contributed by atoms with Crippen molar-refractivity contribution in [1.29, 1.82) is 0 Å². The van der Waals surface area contributed by atoms with Crippen LogP contribution in [0.25, 0.3) is 0 Å². The molecule has 0 fully saturated rings. The summed E-state index contributed by atoms with van der Waals surface area (Å²) < 4.78 is 0. The summed E-state index contributed by atoms with van der Waals surface area (Å²) in [6.07, 6.45) is 0. The van der Waals surface area contributed by atoms with Crippen molar-refractivity contribution in [3.8, 4) is 0 Å². The number of para-hydroxylation sites is 1. The second kappa shape index (κ2) is 6.20. The quantitative estimate of drug-likeness (QED) is 0.682. The molecule has 0 spiro atoms. The first-order chi connectivity index (χ1) is 11.9. The second-order valence-electron chi connectivity index (χ2n) is 5.58. The lowest BCUT2D eigenvalue weighted by molar-refractivity contribution is -0.384. The van der Waals surface area contributed by atoms with Gasteiger partial charge in [0.15, 0.2) is 11.5 Å². The summed E-state index contributed by atoms with van der Waals surface area (Å²) in [4.78, 5) is 36.4. The summed E-state index contributed by atoms with van der Waals surface area (Å²) in [5.41, 5.74) is 0.620. The third kappa shape index (κ3) is 2.76. The Balaban J connectivity index is 2.20. The van der Waals surface area contributed by atoms with Crippen LogP contribution in [0.4, 0.5) is 11.4 Å². The first-order valence-corrected chi connectivity index (χ1v) is 7.49. The van der Waals surface area contributed by atoms with Crippen LogP contribution in [0.1, 0.15) is 18.5 Å². The molecule has 0 bridgehead atoms. The molecule has 0 saturated carbocycles. The van der Waals surface area contributed by atoms with Crippen LogP contribution in [0, 0.1) is 10.1 Å². The molecule has 7 heteroatoms. The third-order valence-electron chi connectivity index (χ3n) is 4.02. The van der Waals surface area contributed by atoms with E-state index in [0.717, 1.165) is 0 Å². The number of rotatable bonds is 4. The van der Waals surface area contributed by atoms with Crippen molar-refractivity contribution in [3.05, 3.63) is 81.6 Å². The highest BCUT2D eigenvalue weighted by atomic mass is 16.6. The number of anilines is 1. The number of carbonyl (C=O) groups is 2. The number of nitro groups is 1. The number of hydrogen-bond donors (Lipinski definition) is 1. The third-order valence-corrected chi connectivity index (χ3v) is 4.02. The summed E-state index contributed by atoms with van der Waals surface area (Å²) in [6.45, 7) is 1.25. The van der Waals surface area contributed by atoms with E-state index < -0.39 is 28.4 Å². The zero-order valence-electron chi connectivity index (χ0n) is 13.2. The fraction of sp³-hybridized carbons (Fsp3) is 0.111. The molecule has 126 valence electrons. The van der Waals surface area contributed by atoms with E-state index in [1.165, 1.54) is 30.0 Å². The van der Waals surface area contributed by atoms with Gasteiger partial charge >= 0.3 is 0 Å². The van der Waals surface area contributed by atoms with E-state index in [4.69, 9.17) is 0 Å². The highest BCUT2D eigenvalue weighted by molar-refractivity contribution is 6.16. The molecule has 2 aromatic carbocycles. The Morgan fingerprint density at radius 2 is 1.84 bits per heavy atom. The van der Waals surface area contributed by atoms with Gasteiger partial charge in [-0.05, 0) is 24.6 Å². The summed E-state index contributed by atoms with van der Waals surface area (Å²) in [5, 5.41) is 21.3. The number of amides is 1. The van der Waals surface area contributed by atoms with Crippen molar-refractivity contribution < 1.29 is 19.6 Å². The van der Waals surface area contributed by atoms with Gasteiger partial charge in [0.1, 0.15) is 0 Å². The van der Waals surface area contributed by atoms with E-state index in [-0.39, 0.29) is 11.3 Å². The molecule has 1 aliphatic heterocycles. The average Bonchev–Trinajstić information content (AvgIpc) is 2.87. The van der Waals surface area contributed by atoms with Gasteiger partial charge in [-0.2, -0.15) is 0 Å². The molecule has 1 amide bonds. The van der Waals surface area contributed by atoms with Gasteiger partial charge < -0.3 is 5.11 Å². The topological polar surface area (TPSA) is 101 Å². The smallest absolute Gasteiger partial charge is 0.294 e. The number of non-ortho nitro benzene ring substituents is 1. The fourth-order valence-electron chi connectivity index (χ4n) is 2.94. The lowest BCUT2D eigenvalue weighted by Gasteiger charge is -2.26. The molecule has 0 unspecified atom stereocenters. The standard InChI is InChI=1S/C18H14N2O5/c1-11(21)15-16(12-6-5-9-14(10-12)20(24)25)19(18(23)17(15)22)13-7-3-2-4-8-13/h2-10,16,22H,1H3/t16-/m0/s1. The van der Waals surface area contributed by atoms with E-state index in [1.54, 1.807) is 36.4 Å². The number of benzene rings is 2. The number of ketones is 1. The molecule has 0 radical (unpaired) electrons. The number of Topliss-reactive ketones (excluding diaryl/α,β-unsaturated/α-hetero) is 1. The SMILES string of the molecule is CC(=O)C1=C(O)C(=O)N(c2ccccc2)[C@H]1c1cccc([N+](=O)[O-])c1. The number of aliphatic hydroxyl groups excluding tert-OH is 1. The molecule has 2 aromatic rings. The first kappa shape index (κ1) is 16.4. The second-order valence-corrected chi connectivity index (χ2v) is 5.58. The Morgan fingerprint density at radius 3 is 2.44 bits per heavy atom. The minimum absolute atomic E-state index is 0.0747. The minimum atomic E-state index is -0.924. The van der Waals surface area contributed by atoms with E-state index in [0.29, 0.717) is 11.3 Å². The van der Waals surface area contributed by atoms with Crippen LogP contribution in [0.2, 0.25) is 0 Å². The van der Waals surface area contributed by atoms with Crippen molar-refractivity contribution in [2.24, 2.45) is 0 Å². The van der Waals surface area contributed by atoms with Gasteiger partial charge in [0.05, 0.1) is 16.5 Å². The van der Waals surface area contributed by atoms with Gasteiger partial charge in [-0.1, -0.05) is 30.3 Å². The van der Waals surface area contributed by atoms with E-state index in [9.17, 15) is 24.8 Å². The lowest BCUT2D eigenvalue weighted by Crippen LogP contribution is -2.30. The molecule has 1 aliphatic rings. The molecule has 25 heavy (non-hydrogen) atoms. The number of nitro benzene ring substituents is 1. The van der Waals surface area contributed by atoms with Gasteiger partial charge in [-0.15, -0.1) is 0 Å². The van der Waals surface area contributed by atoms with Crippen molar-refractivity contribution in [2.75, 3.05) is 4.90 Å². The first-order valence-electron chi connectivity index (χ1n) is 7.49. The molecule has 0 saturated heterocycles. The maximum absolute atomic E-state index is 12.6. The number of hydrogen-bond acceptors (Lipinski definition) is 5. The molecule has 1 heterocycles. The van der Waals surface area contributed by atoms with Gasteiger partial charge in [0.2, 0.25) is 0 Å². The number of nitrogens with zero attached hydrogens (tertiary/aromatic N) is 2. The lowest BCUT2D eigenvalue weighted by atomic mass is 9.96. The summed E-state index contributed by atoms with van der Waals surface area (Å²) in [7, 11) is 0. The van der Waals surface area contributed by atoms with Crippen LogP contribution in [-0.4, -0.2) is 21.7 Å². The van der Waals surface area contributed by atoms with Crippen LogP contribution >= 0.6 is 0 Å². The molecular weight excluding hydrogens is 324 g/mol. The summed E-state index contributed by atoms with van der Waals surface area (Å²) in [6, 6.07) is 13.3. The Morgan fingerprint density at radius 1 is 1.16 bits per heavy atom. The van der Waals surface area contributed by atoms with Gasteiger partial charge in [-0.25, -0.2) is 0 Å². The molecule has 7 nitrogen and oxygen atoms in total. The molecule has 3 rings (SSSR count). The zero-order chi connectivity index (χ0) is 18.1. The van der Waals surface area contributed by atoms with Crippen molar-refractivity contribution in [1.82, 2.24) is 0 Å². The predicted molar refractivity (Wildman–Crippen MR) is 90.1 cm³/mol. The molecule has 0 aliphatic carbocycles. The fourth-order valence-corrected chi connectivity index (χ4v) is 2.94. The zero-order valence-corrected chi connectivity index (χ0v) is 13.2. The van der Waals surface area contributed by atoms with Gasteiger partial charge in [0, 0.05) is 17.8 Å². The van der Waals surface area contributed by atoms with Crippen LogP contribution in [-0.2, 0) is 9.59 Å². The summed E-state index contributed by atoms with van der Waals surface area (Å²) >= 11 is 0. The Bertz CT molecular complexity index is 905. The van der Waals surface area contributed by atoms with Gasteiger partial charge in [0.25, 0.3) is 11.6 Å². The van der Waals surface area contributed by atoms with Crippen molar-refractivity contribution in [2.45, 2.75) is 13.0 Å². The molecule has 1 N–H and O–H groups in total. The minimum Gasteiger partial charge on any atom is -0.503 e. The number of aliphatic hydroxyl groups is 1. The van der Waals surface area contributed by atoms with Crippen LogP contribution in [0.3, 0.4) is 0 Å². The summed E-state index contributed by atoms with van der Waals surface area (Å²) in [5.74, 6) is -1.82. The molecule has 0 aromatic heterocycles. The highest BCUT2D eigenvalue weighted by Gasteiger charge is 2.43. The van der Waals surface area contributed by atoms with Crippen LogP contribution < -0.4 is 4.90 Å². The Kier molecular flexibility index (Phi) is 4.06. The van der Waals surface area contributed by atoms with Crippen LogP contribution in [0.15, 0.2) is 65.9 Å². The monoisotopic (exact) mass is 338 g/mol. The highest BCUT2D eigenvalue weighted by Crippen LogP contribution is 2.41. The maximum Gasteiger partial charge on any atom is 0.294 e. The van der Waals surface area contributed by atoms with E-state index >= 15 is 0 Å². The number of carbonyl (C=O) groups excluding carboxylic acids is 2. The normalized spacial score (nSPS) is 17.1. The van der Waals surface area contributed by atoms with Crippen molar-refractivity contribution in [3.63, 3.8) is 0 Å². The largest absolute Gasteiger partial charge is 0.503 e. The maximum atomic E-state index is 12.6. The van der Waals surface area contributed by atoms with E-state index in [2.05, 4.69) is 0 Å². The van der Waals surface area contributed by atoms with Gasteiger partial charge in [-0.3, -0.25) is 24.6 Å².